The molecule has 0 aliphatic carbocycles. The molecule has 1 fully saturated rings. The molecule has 2 aliphatic rings. The van der Waals surface area contributed by atoms with Crippen molar-refractivity contribution in [1.29, 1.82) is 0 Å². The Hall–Kier alpha value is -4.74. The van der Waals surface area contributed by atoms with Crippen LogP contribution in [0.3, 0.4) is 0 Å². The smallest absolute Gasteiger partial charge is 0.425 e. The molecule has 1 saturated heterocycles. The number of imidazole rings is 1. The SMILES string of the molecule is CC(C)(C)OC(=O)N[C@]1(C(=O)O)CCN(c2c(Cn3cnc4c(N(C(=O)OC(C)(C)C)C(=O)OC(C)(C)C)ncnc43)c(Br)c(F)c3c2OCC3)C1. The highest BCUT2D eigenvalue weighted by Gasteiger charge is 2.49. The van der Waals surface area contributed by atoms with Gasteiger partial charge in [-0.1, -0.05) is 0 Å². The predicted octanol–water partition coefficient (Wildman–Crippen LogP) is 5.95. The number of rotatable bonds is 6. The number of benzene rings is 1. The third kappa shape index (κ3) is 8.00. The van der Waals surface area contributed by atoms with Crippen LogP contribution in [0.25, 0.3) is 11.2 Å². The number of hydrogen-bond acceptors (Lipinski definition) is 12. The summed E-state index contributed by atoms with van der Waals surface area (Å²) in [5.41, 5.74) is -3.19. The molecule has 1 atom stereocenters. The van der Waals surface area contributed by atoms with E-state index in [9.17, 15) is 24.3 Å². The number of nitrogens with one attached hydrogen (secondary N) is 1. The molecule has 2 N–H and O–H groups in total. The van der Waals surface area contributed by atoms with Crippen molar-refractivity contribution in [3.63, 3.8) is 0 Å². The first-order valence-electron chi connectivity index (χ1n) is 16.6. The summed E-state index contributed by atoms with van der Waals surface area (Å²) in [5, 5.41) is 12.9. The van der Waals surface area contributed by atoms with Gasteiger partial charge < -0.3 is 38.8 Å². The summed E-state index contributed by atoms with van der Waals surface area (Å²) in [6, 6.07) is 0. The number of carbonyl (C=O) groups is 4. The number of imide groups is 1. The average Bonchev–Trinajstić information content (AvgIpc) is 3.73. The summed E-state index contributed by atoms with van der Waals surface area (Å²) in [5.74, 6) is -1.74. The Balaban J connectivity index is 1.58. The second kappa shape index (κ2) is 13.7. The van der Waals surface area contributed by atoms with E-state index in [1.807, 2.05) is 0 Å². The number of carboxylic acid groups (broad SMARTS) is 1. The van der Waals surface area contributed by atoms with Gasteiger partial charge in [0.1, 0.15) is 34.7 Å². The van der Waals surface area contributed by atoms with Crippen molar-refractivity contribution >= 4 is 62.8 Å². The minimum atomic E-state index is -1.72. The van der Waals surface area contributed by atoms with Gasteiger partial charge in [-0.25, -0.2) is 38.5 Å². The van der Waals surface area contributed by atoms with Gasteiger partial charge in [0.2, 0.25) is 0 Å². The molecule has 0 bridgehead atoms. The summed E-state index contributed by atoms with van der Waals surface area (Å²) in [6.07, 6.45) is -0.138. The number of halogens is 2. The van der Waals surface area contributed by atoms with E-state index in [1.54, 1.807) is 71.8 Å². The van der Waals surface area contributed by atoms with Gasteiger partial charge in [0.05, 0.1) is 36.2 Å². The van der Waals surface area contributed by atoms with Gasteiger partial charge in [-0.15, -0.1) is 0 Å². The molecule has 18 heteroatoms. The first-order chi connectivity index (χ1) is 24.0. The van der Waals surface area contributed by atoms with Gasteiger partial charge in [-0.2, -0.15) is 4.90 Å². The van der Waals surface area contributed by atoms with Crippen LogP contribution in [-0.4, -0.2) is 90.9 Å². The molecule has 1 aromatic carbocycles. The molecule has 3 aromatic rings. The molecule has 2 aromatic heterocycles. The van der Waals surface area contributed by atoms with E-state index in [4.69, 9.17) is 18.9 Å². The van der Waals surface area contributed by atoms with Crippen LogP contribution < -0.4 is 19.9 Å². The molecule has 0 spiro atoms. The van der Waals surface area contributed by atoms with Crippen LogP contribution in [0.15, 0.2) is 17.1 Å². The maximum atomic E-state index is 15.9. The topological polar surface area (TPSA) is 188 Å². The molecule has 5 rings (SSSR count). The Bertz CT molecular complexity index is 1900. The standard InChI is InChI=1S/C34H43BrFN7O9/c1-31(2,3)50-28(46)40-34(27(44)45)11-12-41(15-34)23-19(20(35)21(36)18-10-13-49-24(18)23)14-42-17-39-22-25(42)37-16-38-26(22)43(29(47)51-32(4,5)6)30(48)52-33(7,8)9/h16-17H,10-15H2,1-9H3,(H,40,46)(H,44,45)/t34-/m1/s1. The van der Waals surface area contributed by atoms with Gasteiger partial charge in [0, 0.05) is 30.5 Å². The van der Waals surface area contributed by atoms with Crippen LogP contribution in [0.4, 0.5) is 30.3 Å². The van der Waals surface area contributed by atoms with E-state index in [-0.39, 0.29) is 66.3 Å². The van der Waals surface area contributed by atoms with E-state index in [0.29, 0.717) is 21.7 Å². The van der Waals surface area contributed by atoms with Crippen molar-refractivity contribution in [2.45, 2.75) is 104 Å². The second-order valence-corrected chi connectivity index (χ2v) is 16.4. The van der Waals surface area contributed by atoms with Crippen molar-refractivity contribution in [3.05, 3.63) is 34.1 Å². The van der Waals surface area contributed by atoms with Crippen molar-refractivity contribution in [2.24, 2.45) is 0 Å². The molecule has 3 amide bonds. The van der Waals surface area contributed by atoms with E-state index in [1.165, 1.54) is 6.33 Å². The second-order valence-electron chi connectivity index (χ2n) is 15.6. The molecular formula is C34H43BrFN7O9. The van der Waals surface area contributed by atoms with Crippen molar-refractivity contribution in [3.8, 4) is 5.75 Å². The molecule has 4 heterocycles. The lowest BCUT2D eigenvalue weighted by Crippen LogP contribution is -2.57. The molecular weight excluding hydrogens is 749 g/mol. The van der Waals surface area contributed by atoms with Gasteiger partial charge in [-0.05, 0) is 78.2 Å². The number of carbonyl (C=O) groups excluding carboxylic acids is 3. The number of anilines is 2. The van der Waals surface area contributed by atoms with Crippen LogP contribution in [0.2, 0.25) is 0 Å². The van der Waals surface area contributed by atoms with Gasteiger partial charge in [0.25, 0.3) is 0 Å². The van der Waals surface area contributed by atoms with Crippen LogP contribution in [0.1, 0.15) is 79.9 Å². The zero-order valence-electron chi connectivity index (χ0n) is 30.5. The fraction of sp³-hybridized carbons (Fsp3) is 0.559. The highest BCUT2D eigenvalue weighted by molar-refractivity contribution is 9.10. The number of fused-ring (bicyclic) bond motifs is 2. The minimum Gasteiger partial charge on any atom is -0.491 e. The number of ether oxygens (including phenoxy) is 4. The van der Waals surface area contributed by atoms with Gasteiger partial charge >= 0.3 is 24.2 Å². The zero-order chi connectivity index (χ0) is 38.6. The minimum absolute atomic E-state index is 0.0144. The normalized spacial score (nSPS) is 17.4. The van der Waals surface area contributed by atoms with Gasteiger partial charge in [-0.3, -0.25) is 0 Å². The number of aliphatic carboxylic acids is 1. The lowest BCUT2D eigenvalue weighted by molar-refractivity contribution is -0.143. The first kappa shape index (κ1) is 38.5. The number of nitrogens with zero attached hydrogens (tertiary/aromatic N) is 6. The summed E-state index contributed by atoms with van der Waals surface area (Å²) in [4.78, 5) is 67.7. The van der Waals surface area contributed by atoms with E-state index in [0.717, 1.165) is 6.33 Å². The first-order valence-corrected chi connectivity index (χ1v) is 17.4. The Morgan fingerprint density at radius 2 is 1.62 bits per heavy atom. The maximum Gasteiger partial charge on any atom is 0.425 e. The van der Waals surface area contributed by atoms with E-state index >= 15 is 4.39 Å². The summed E-state index contributed by atoms with van der Waals surface area (Å²) in [7, 11) is 0. The quantitative estimate of drug-likeness (QED) is 0.279. The van der Waals surface area contributed by atoms with Crippen LogP contribution in [-0.2, 0) is 32.0 Å². The van der Waals surface area contributed by atoms with E-state index in [2.05, 4.69) is 36.2 Å². The van der Waals surface area contributed by atoms with Crippen molar-refractivity contribution < 1.29 is 47.6 Å². The lowest BCUT2D eigenvalue weighted by Gasteiger charge is -2.30. The summed E-state index contributed by atoms with van der Waals surface area (Å²) < 4.78 is 40.0. The van der Waals surface area contributed by atoms with E-state index < -0.39 is 52.4 Å². The Morgan fingerprint density at radius 1 is 1.00 bits per heavy atom. The largest absolute Gasteiger partial charge is 0.491 e. The Labute approximate surface area is 308 Å². The van der Waals surface area contributed by atoms with Crippen molar-refractivity contribution in [2.75, 3.05) is 29.5 Å². The van der Waals surface area contributed by atoms with Crippen LogP contribution in [0.5, 0.6) is 5.75 Å². The predicted molar refractivity (Wildman–Crippen MR) is 189 cm³/mol. The molecule has 282 valence electrons. The summed E-state index contributed by atoms with van der Waals surface area (Å²) in [6.45, 7) is 15.0. The van der Waals surface area contributed by atoms with Crippen molar-refractivity contribution in [1.82, 2.24) is 24.8 Å². The number of alkyl carbamates (subject to hydrolysis) is 1. The number of aromatic nitrogens is 4. The molecule has 16 nitrogen and oxygen atoms in total. The molecule has 0 radical (unpaired) electrons. The van der Waals surface area contributed by atoms with Crippen LogP contribution >= 0.6 is 15.9 Å². The Kier molecular flexibility index (Phi) is 10.1. The fourth-order valence-corrected chi connectivity index (χ4v) is 6.42. The maximum absolute atomic E-state index is 15.9. The number of amides is 3. The average molecular weight is 793 g/mol. The highest BCUT2D eigenvalue weighted by atomic mass is 79.9. The monoisotopic (exact) mass is 791 g/mol. The third-order valence-electron chi connectivity index (χ3n) is 7.91. The fourth-order valence-electron chi connectivity index (χ4n) is 5.87. The highest BCUT2D eigenvalue weighted by Crippen LogP contribution is 2.47. The van der Waals surface area contributed by atoms with Crippen LogP contribution in [0, 0.1) is 5.82 Å². The number of hydrogen-bond donors (Lipinski definition) is 2. The lowest BCUT2D eigenvalue weighted by atomic mass is 9.99. The molecule has 2 aliphatic heterocycles. The molecule has 0 unspecified atom stereocenters. The summed E-state index contributed by atoms with van der Waals surface area (Å²) >= 11 is 3.44. The molecule has 52 heavy (non-hydrogen) atoms. The zero-order valence-corrected chi connectivity index (χ0v) is 32.1. The van der Waals surface area contributed by atoms with Gasteiger partial charge in [0.15, 0.2) is 22.5 Å². The Morgan fingerprint density at radius 3 is 2.19 bits per heavy atom. The molecule has 0 saturated carbocycles. The number of carboxylic acids is 1. The third-order valence-corrected chi connectivity index (χ3v) is 8.73.